The summed E-state index contributed by atoms with van der Waals surface area (Å²) in [4.78, 5) is 18.5. The second-order valence-electron chi connectivity index (χ2n) is 7.78. The van der Waals surface area contributed by atoms with Crippen LogP contribution < -0.4 is 10.2 Å². The standard InChI is InChI=1S/C24H27N3OS/c1-17-4-6-19(7-5-17)21-10-15-29-23(21)24(28)25-20-8-9-22(18(2)16-20)27-13-11-26(3)12-14-27/h4-10,15-16H,11-14H2,1-3H3,(H,25,28). The minimum atomic E-state index is -0.0534. The normalized spacial score (nSPS) is 14.8. The smallest absolute Gasteiger partial charge is 0.266 e. The second-order valence-corrected chi connectivity index (χ2v) is 8.69. The lowest BCUT2D eigenvalue weighted by molar-refractivity contribution is 0.103. The molecule has 1 saturated heterocycles. The number of anilines is 2. The van der Waals surface area contributed by atoms with Crippen LogP contribution in [0.5, 0.6) is 0 Å². The van der Waals surface area contributed by atoms with E-state index < -0.39 is 0 Å². The number of rotatable bonds is 4. The number of hydrogen-bond donors (Lipinski definition) is 1. The SMILES string of the molecule is Cc1ccc(-c2ccsc2C(=O)Nc2ccc(N3CCN(C)CC3)c(C)c2)cc1. The van der Waals surface area contributed by atoms with Crippen molar-refractivity contribution < 1.29 is 4.79 Å². The highest BCUT2D eigenvalue weighted by atomic mass is 32.1. The third kappa shape index (κ3) is 4.36. The van der Waals surface area contributed by atoms with Crippen LogP contribution in [0.4, 0.5) is 11.4 Å². The molecular formula is C24H27N3OS. The van der Waals surface area contributed by atoms with Crippen LogP contribution in [-0.2, 0) is 0 Å². The molecule has 0 radical (unpaired) electrons. The average molecular weight is 406 g/mol. The molecule has 3 aromatic rings. The van der Waals surface area contributed by atoms with Crippen LogP contribution in [0.3, 0.4) is 0 Å². The van der Waals surface area contributed by atoms with Crippen LogP contribution in [-0.4, -0.2) is 44.0 Å². The van der Waals surface area contributed by atoms with E-state index in [1.807, 2.05) is 17.5 Å². The molecule has 0 unspecified atom stereocenters. The number of piperazine rings is 1. The zero-order valence-corrected chi connectivity index (χ0v) is 18.1. The maximum atomic E-state index is 13.0. The van der Waals surface area contributed by atoms with Crippen LogP contribution in [0.25, 0.3) is 11.1 Å². The molecule has 1 fully saturated rings. The summed E-state index contributed by atoms with van der Waals surface area (Å²) in [7, 11) is 2.16. The van der Waals surface area contributed by atoms with E-state index >= 15 is 0 Å². The van der Waals surface area contributed by atoms with Crippen molar-refractivity contribution in [3.63, 3.8) is 0 Å². The minimum absolute atomic E-state index is 0.0534. The molecule has 150 valence electrons. The van der Waals surface area contributed by atoms with Crippen molar-refractivity contribution >= 4 is 28.6 Å². The number of hydrogen-bond acceptors (Lipinski definition) is 4. The quantitative estimate of drug-likeness (QED) is 0.661. The number of thiophene rings is 1. The Labute approximate surface area is 176 Å². The van der Waals surface area contributed by atoms with Gasteiger partial charge in [-0.1, -0.05) is 29.8 Å². The van der Waals surface area contributed by atoms with Crippen molar-refractivity contribution in [2.75, 3.05) is 43.4 Å². The summed E-state index contributed by atoms with van der Waals surface area (Å²) in [5.41, 5.74) is 6.56. The van der Waals surface area contributed by atoms with Gasteiger partial charge in [0.2, 0.25) is 0 Å². The van der Waals surface area contributed by atoms with Crippen LogP contribution in [0, 0.1) is 13.8 Å². The highest BCUT2D eigenvalue weighted by molar-refractivity contribution is 7.12. The summed E-state index contributed by atoms with van der Waals surface area (Å²) in [6.45, 7) is 8.43. The number of likely N-dealkylation sites (N-methyl/N-ethyl adjacent to an activating group) is 1. The van der Waals surface area contributed by atoms with E-state index in [0.717, 1.165) is 47.9 Å². The molecule has 2 aromatic carbocycles. The summed E-state index contributed by atoms with van der Waals surface area (Å²) >= 11 is 1.48. The molecule has 1 aromatic heterocycles. The Bertz CT molecular complexity index is 1000. The largest absolute Gasteiger partial charge is 0.369 e. The Morgan fingerprint density at radius 2 is 1.69 bits per heavy atom. The van der Waals surface area contributed by atoms with E-state index in [0.29, 0.717) is 0 Å². The Balaban J connectivity index is 1.50. The van der Waals surface area contributed by atoms with Crippen molar-refractivity contribution in [1.82, 2.24) is 4.90 Å². The summed E-state index contributed by atoms with van der Waals surface area (Å²) in [6, 6.07) is 16.5. The fourth-order valence-corrected chi connectivity index (χ4v) is 4.58. The lowest BCUT2D eigenvalue weighted by Crippen LogP contribution is -2.44. The molecule has 0 aliphatic carbocycles. The number of nitrogens with zero attached hydrogens (tertiary/aromatic N) is 2. The molecular weight excluding hydrogens is 378 g/mol. The van der Waals surface area contributed by atoms with Crippen molar-refractivity contribution in [2.45, 2.75) is 13.8 Å². The van der Waals surface area contributed by atoms with Gasteiger partial charge < -0.3 is 15.1 Å². The number of carbonyl (C=O) groups is 1. The van der Waals surface area contributed by atoms with Crippen LogP contribution >= 0.6 is 11.3 Å². The molecule has 1 aliphatic heterocycles. The molecule has 4 rings (SSSR count). The topological polar surface area (TPSA) is 35.6 Å². The molecule has 1 aliphatic rings. The third-order valence-electron chi connectivity index (χ3n) is 5.53. The molecule has 0 saturated carbocycles. The Kier molecular flexibility index (Phi) is 5.69. The summed E-state index contributed by atoms with van der Waals surface area (Å²) in [6.07, 6.45) is 0. The first-order chi connectivity index (χ1) is 14.0. The lowest BCUT2D eigenvalue weighted by Gasteiger charge is -2.35. The number of benzene rings is 2. The predicted octanol–water partition coefficient (Wildman–Crippen LogP) is 5.04. The van der Waals surface area contributed by atoms with Gasteiger partial charge in [0.15, 0.2) is 0 Å². The molecule has 0 atom stereocenters. The third-order valence-corrected chi connectivity index (χ3v) is 6.45. The molecule has 4 nitrogen and oxygen atoms in total. The Hall–Kier alpha value is -2.63. The van der Waals surface area contributed by atoms with Crippen LogP contribution in [0.15, 0.2) is 53.9 Å². The molecule has 1 N–H and O–H groups in total. The zero-order chi connectivity index (χ0) is 20.4. The van der Waals surface area contributed by atoms with Crippen LogP contribution in [0.2, 0.25) is 0 Å². The molecule has 0 spiro atoms. The zero-order valence-electron chi connectivity index (χ0n) is 17.2. The first kappa shape index (κ1) is 19.7. The van der Waals surface area contributed by atoms with Crippen molar-refractivity contribution in [2.24, 2.45) is 0 Å². The van der Waals surface area contributed by atoms with Gasteiger partial charge in [0, 0.05) is 43.1 Å². The van der Waals surface area contributed by atoms with Crippen molar-refractivity contribution in [3.05, 3.63) is 69.9 Å². The van der Waals surface area contributed by atoms with Gasteiger partial charge in [0.1, 0.15) is 0 Å². The minimum Gasteiger partial charge on any atom is -0.369 e. The number of aryl methyl sites for hydroxylation is 2. The fourth-order valence-electron chi connectivity index (χ4n) is 3.77. The van der Waals surface area contributed by atoms with E-state index in [1.54, 1.807) is 0 Å². The van der Waals surface area contributed by atoms with E-state index in [2.05, 4.69) is 72.4 Å². The van der Waals surface area contributed by atoms with Gasteiger partial charge in [-0.15, -0.1) is 11.3 Å². The van der Waals surface area contributed by atoms with Gasteiger partial charge in [0.25, 0.3) is 5.91 Å². The summed E-state index contributed by atoms with van der Waals surface area (Å²) in [5, 5.41) is 5.07. The van der Waals surface area contributed by atoms with Gasteiger partial charge in [-0.3, -0.25) is 4.79 Å². The lowest BCUT2D eigenvalue weighted by atomic mass is 10.0. The van der Waals surface area contributed by atoms with Crippen molar-refractivity contribution in [3.8, 4) is 11.1 Å². The molecule has 29 heavy (non-hydrogen) atoms. The van der Waals surface area contributed by atoms with E-state index in [-0.39, 0.29) is 5.91 Å². The number of carbonyl (C=O) groups excluding carboxylic acids is 1. The maximum Gasteiger partial charge on any atom is 0.266 e. The molecule has 2 heterocycles. The van der Waals surface area contributed by atoms with E-state index in [9.17, 15) is 4.79 Å². The van der Waals surface area contributed by atoms with Crippen LogP contribution in [0.1, 0.15) is 20.8 Å². The fraction of sp³-hybridized carbons (Fsp3) is 0.292. The predicted molar refractivity (Wildman–Crippen MR) is 123 cm³/mol. The molecule has 0 bridgehead atoms. The van der Waals surface area contributed by atoms with E-state index in [1.165, 1.54) is 28.2 Å². The van der Waals surface area contributed by atoms with Crippen molar-refractivity contribution in [1.29, 1.82) is 0 Å². The van der Waals surface area contributed by atoms with Gasteiger partial charge >= 0.3 is 0 Å². The summed E-state index contributed by atoms with van der Waals surface area (Å²) in [5.74, 6) is -0.0534. The molecule has 1 amide bonds. The monoisotopic (exact) mass is 405 g/mol. The highest BCUT2D eigenvalue weighted by Crippen LogP contribution is 2.30. The maximum absolute atomic E-state index is 13.0. The number of amides is 1. The van der Waals surface area contributed by atoms with Gasteiger partial charge in [0.05, 0.1) is 4.88 Å². The number of nitrogens with one attached hydrogen (secondary N) is 1. The van der Waals surface area contributed by atoms with Gasteiger partial charge in [-0.05, 0) is 61.7 Å². The Morgan fingerprint density at radius 3 is 2.38 bits per heavy atom. The van der Waals surface area contributed by atoms with E-state index in [4.69, 9.17) is 0 Å². The van der Waals surface area contributed by atoms with Gasteiger partial charge in [-0.25, -0.2) is 0 Å². The highest BCUT2D eigenvalue weighted by Gasteiger charge is 2.18. The van der Waals surface area contributed by atoms with Gasteiger partial charge in [-0.2, -0.15) is 0 Å². The Morgan fingerprint density at radius 1 is 0.966 bits per heavy atom. The molecule has 5 heteroatoms. The first-order valence-electron chi connectivity index (χ1n) is 10.0. The second kappa shape index (κ2) is 8.39. The average Bonchev–Trinajstić information content (AvgIpc) is 3.20. The summed E-state index contributed by atoms with van der Waals surface area (Å²) < 4.78 is 0. The first-order valence-corrected chi connectivity index (χ1v) is 10.9.